The second kappa shape index (κ2) is 8.22. The van der Waals surface area contributed by atoms with Gasteiger partial charge >= 0.3 is 0 Å². The zero-order valence-corrected chi connectivity index (χ0v) is 13.9. The summed E-state index contributed by atoms with van der Waals surface area (Å²) in [5, 5.41) is 2.94. The van der Waals surface area contributed by atoms with Crippen molar-refractivity contribution >= 4 is 23.0 Å². The number of rotatable bonds is 7. The molecule has 0 atom stereocenters. The number of nitrogens with zero attached hydrogens (tertiary/aromatic N) is 1. The second-order valence-corrected chi connectivity index (χ2v) is 5.51. The zero-order valence-electron chi connectivity index (χ0n) is 13.9. The first-order valence-corrected chi connectivity index (χ1v) is 8.11. The van der Waals surface area contributed by atoms with Gasteiger partial charge in [-0.25, -0.2) is 0 Å². The van der Waals surface area contributed by atoms with Crippen LogP contribution in [0.1, 0.15) is 25.8 Å². The van der Waals surface area contributed by atoms with Crippen molar-refractivity contribution in [1.29, 1.82) is 0 Å². The number of anilines is 3. The number of hydrogen-bond donors (Lipinski definition) is 2. The minimum absolute atomic E-state index is 0.0167. The van der Waals surface area contributed by atoms with Gasteiger partial charge in [-0.05, 0) is 62.2 Å². The third-order valence-electron chi connectivity index (χ3n) is 3.87. The lowest BCUT2D eigenvalue weighted by molar-refractivity contribution is -0.116. The maximum Gasteiger partial charge on any atom is 0.224 e. The van der Waals surface area contributed by atoms with Crippen molar-refractivity contribution in [3.63, 3.8) is 0 Å². The Hall–Kier alpha value is -2.49. The fourth-order valence-corrected chi connectivity index (χ4v) is 2.57. The van der Waals surface area contributed by atoms with Crippen molar-refractivity contribution in [2.45, 2.75) is 26.7 Å². The van der Waals surface area contributed by atoms with Gasteiger partial charge in [0.25, 0.3) is 0 Å². The Balaban J connectivity index is 1.87. The highest BCUT2D eigenvalue weighted by atomic mass is 16.1. The molecule has 4 nitrogen and oxygen atoms in total. The molecule has 4 heteroatoms. The molecule has 0 spiro atoms. The van der Waals surface area contributed by atoms with Gasteiger partial charge in [0.15, 0.2) is 0 Å². The molecule has 0 radical (unpaired) electrons. The van der Waals surface area contributed by atoms with Crippen LogP contribution in [0.5, 0.6) is 0 Å². The van der Waals surface area contributed by atoms with Crippen LogP contribution in [0.25, 0.3) is 0 Å². The summed E-state index contributed by atoms with van der Waals surface area (Å²) in [6, 6.07) is 15.6. The first kappa shape index (κ1) is 16.9. The molecule has 23 heavy (non-hydrogen) atoms. The van der Waals surface area contributed by atoms with Gasteiger partial charge in [0, 0.05) is 36.6 Å². The van der Waals surface area contributed by atoms with Crippen LogP contribution in [0.3, 0.4) is 0 Å². The van der Waals surface area contributed by atoms with Crippen molar-refractivity contribution in [1.82, 2.24) is 0 Å². The van der Waals surface area contributed by atoms with Gasteiger partial charge in [-0.2, -0.15) is 0 Å². The van der Waals surface area contributed by atoms with Crippen LogP contribution >= 0.6 is 0 Å². The standard InChI is InChI=1S/C19H25N3O/c1-3-22(4-2)18-11-9-17(10-12-18)21-19(23)13-8-15-6-5-7-16(20)14-15/h5-7,9-12,14H,3-4,8,13,20H2,1-2H3,(H,21,23). The average molecular weight is 311 g/mol. The third kappa shape index (κ3) is 5.02. The van der Waals surface area contributed by atoms with Gasteiger partial charge in [0.1, 0.15) is 0 Å². The van der Waals surface area contributed by atoms with Crippen molar-refractivity contribution in [3.05, 3.63) is 54.1 Å². The lowest BCUT2D eigenvalue weighted by atomic mass is 10.1. The van der Waals surface area contributed by atoms with E-state index in [4.69, 9.17) is 5.73 Å². The summed E-state index contributed by atoms with van der Waals surface area (Å²) in [5.41, 5.74) is 9.56. The first-order valence-electron chi connectivity index (χ1n) is 8.11. The minimum atomic E-state index is 0.0167. The van der Waals surface area contributed by atoms with Gasteiger partial charge in [-0.15, -0.1) is 0 Å². The summed E-state index contributed by atoms with van der Waals surface area (Å²) < 4.78 is 0. The van der Waals surface area contributed by atoms with E-state index in [2.05, 4.69) is 24.1 Å². The molecule has 0 heterocycles. The number of nitrogens with one attached hydrogen (secondary N) is 1. The van der Waals surface area contributed by atoms with Gasteiger partial charge in [-0.1, -0.05) is 12.1 Å². The van der Waals surface area contributed by atoms with E-state index in [1.807, 2.05) is 48.5 Å². The second-order valence-electron chi connectivity index (χ2n) is 5.51. The Bertz CT molecular complexity index is 633. The lowest BCUT2D eigenvalue weighted by Gasteiger charge is -2.21. The molecule has 0 aliphatic rings. The van der Waals surface area contributed by atoms with Gasteiger partial charge in [-0.3, -0.25) is 4.79 Å². The number of benzene rings is 2. The van der Waals surface area contributed by atoms with E-state index < -0.39 is 0 Å². The predicted molar refractivity (Wildman–Crippen MR) is 97.8 cm³/mol. The van der Waals surface area contributed by atoms with E-state index in [0.29, 0.717) is 12.8 Å². The summed E-state index contributed by atoms with van der Waals surface area (Å²) in [6.45, 7) is 6.22. The number of nitrogens with two attached hydrogens (primary N) is 1. The summed E-state index contributed by atoms with van der Waals surface area (Å²) in [5.74, 6) is 0.0167. The predicted octanol–water partition coefficient (Wildman–Crippen LogP) is 3.69. The molecule has 3 N–H and O–H groups in total. The number of amides is 1. The summed E-state index contributed by atoms with van der Waals surface area (Å²) in [4.78, 5) is 14.3. The monoisotopic (exact) mass is 311 g/mol. The van der Waals surface area contributed by atoms with Crippen LogP contribution in [-0.4, -0.2) is 19.0 Å². The Morgan fingerprint density at radius 2 is 1.78 bits per heavy atom. The largest absolute Gasteiger partial charge is 0.399 e. The van der Waals surface area contributed by atoms with E-state index in [1.54, 1.807) is 0 Å². The summed E-state index contributed by atoms with van der Waals surface area (Å²) >= 11 is 0. The molecule has 122 valence electrons. The van der Waals surface area contributed by atoms with E-state index in [-0.39, 0.29) is 5.91 Å². The normalized spacial score (nSPS) is 10.3. The summed E-state index contributed by atoms with van der Waals surface area (Å²) in [7, 11) is 0. The van der Waals surface area contributed by atoms with E-state index in [9.17, 15) is 4.79 Å². The first-order chi connectivity index (χ1) is 11.1. The number of carbonyl (C=O) groups is 1. The molecule has 2 rings (SSSR count). The summed E-state index contributed by atoms with van der Waals surface area (Å²) in [6.07, 6.45) is 1.13. The Kier molecular flexibility index (Phi) is 6.03. The van der Waals surface area contributed by atoms with Crippen molar-refractivity contribution in [2.75, 3.05) is 29.0 Å². The molecular weight excluding hydrogens is 286 g/mol. The number of aryl methyl sites for hydroxylation is 1. The van der Waals surface area contributed by atoms with Crippen LogP contribution < -0.4 is 16.0 Å². The minimum Gasteiger partial charge on any atom is -0.399 e. The molecule has 0 aliphatic carbocycles. The Morgan fingerprint density at radius 1 is 1.09 bits per heavy atom. The highest BCUT2D eigenvalue weighted by Crippen LogP contribution is 2.18. The van der Waals surface area contributed by atoms with Crippen LogP contribution in [0.15, 0.2) is 48.5 Å². The molecule has 0 aliphatic heterocycles. The topological polar surface area (TPSA) is 58.4 Å². The molecule has 0 saturated carbocycles. The number of carbonyl (C=O) groups excluding carboxylic acids is 1. The van der Waals surface area contributed by atoms with Gasteiger partial charge < -0.3 is 16.0 Å². The SMILES string of the molecule is CCN(CC)c1ccc(NC(=O)CCc2cccc(N)c2)cc1. The molecule has 2 aromatic rings. The maximum atomic E-state index is 12.0. The maximum absolute atomic E-state index is 12.0. The van der Waals surface area contributed by atoms with Crippen molar-refractivity contribution in [2.24, 2.45) is 0 Å². The van der Waals surface area contributed by atoms with E-state index in [1.165, 1.54) is 5.69 Å². The number of nitrogen functional groups attached to an aromatic ring is 1. The highest BCUT2D eigenvalue weighted by Gasteiger charge is 2.05. The molecule has 0 bridgehead atoms. The van der Waals surface area contributed by atoms with E-state index in [0.717, 1.165) is 30.0 Å². The van der Waals surface area contributed by atoms with E-state index >= 15 is 0 Å². The molecule has 0 unspecified atom stereocenters. The third-order valence-corrected chi connectivity index (χ3v) is 3.87. The smallest absolute Gasteiger partial charge is 0.224 e. The van der Waals surface area contributed by atoms with Crippen molar-refractivity contribution in [3.8, 4) is 0 Å². The zero-order chi connectivity index (χ0) is 16.7. The molecular formula is C19H25N3O. The fraction of sp³-hybridized carbons (Fsp3) is 0.316. The van der Waals surface area contributed by atoms with Gasteiger partial charge in [0.05, 0.1) is 0 Å². The molecule has 0 fully saturated rings. The van der Waals surface area contributed by atoms with Crippen LogP contribution in [0, 0.1) is 0 Å². The fourth-order valence-electron chi connectivity index (χ4n) is 2.57. The van der Waals surface area contributed by atoms with Crippen LogP contribution in [0.4, 0.5) is 17.1 Å². The number of hydrogen-bond acceptors (Lipinski definition) is 3. The van der Waals surface area contributed by atoms with Crippen molar-refractivity contribution < 1.29 is 4.79 Å². The molecule has 2 aromatic carbocycles. The quantitative estimate of drug-likeness (QED) is 0.767. The van der Waals surface area contributed by atoms with Gasteiger partial charge in [0.2, 0.25) is 5.91 Å². The molecule has 0 saturated heterocycles. The molecule has 0 aromatic heterocycles. The Morgan fingerprint density at radius 3 is 2.39 bits per heavy atom. The van der Waals surface area contributed by atoms with Crippen LogP contribution in [0.2, 0.25) is 0 Å². The average Bonchev–Trinajstić information content (AvgIpc) is 2.56. The van der Waals surface area contributed by atoms with Crippen LogP contribution in [-0.2, 0) is 11.2 Å². The molecule has 1 amide bonds. The lowest BCUT2D eigenvalue weighted by Crippen LogP contribution is -2.21. The Labute approximate surface area is 138 Å². The highest BCUT2D eigenvalue weighted by molar-refractivity contribution is 5.91.